The van der Waals surface area contributed by atoms with Crippen molar-refractivity contribution >= 4 is 5.69 Å². The molecule has 9 heteroatoms. The predicted octanol–water partition coefficient (Wildman–Crippen LogP) is 1.93. The molecule has 2 rings (SSSR count). The van der Waals surface area contributed by atoms with Crippen LogP contribution in [0, 0.1) is 12.7 Å². The number of tetrazole rings is 1. The Labute approximate surface area is 105 Å². The third kappa shape index (κ3) is 2.80. The van der Waals surface area contributed by atoms with Gasteiger partial charge in [-0.25, -0.2) is 9.07 Å². The van der Waals surface area contributed by atoms with Crippen LogP contribution in [0.15, 0.2) is 12.1 Å². The van der Waals surface area contributed by atoms with Gasteiger partial charge in [0.05, 0.1) is 0 Å². The van der Waals surface area contributed by atoms with Gasteiger partial charge < -0.3 is 5.73 Å². The first-order valence-electron chi connectivity index (χ1n) is 5.17. The minimum absolute atomic E-state index is 0.0925. The molecule has 0 saturated carbocycles. The van der Waals surface area contributed by atoms with Gasteiger partial charge in [0, 0.05) is 16.8 Å². The summed E-state index contributed by atoms with van der Waals surface area (Å²) in [6.07, 6.45) is -4.47. The monoisotopic (exact) mass is 275 g/mol. The van der Waals surface area contributed by atoms with Crippen molar-refractivity contribution in [3.8, 4) is 11.4 Å². The van der Waals surface area contributed by atoms with Crippen LogP contribution in [0.1, 0.15) is 5.56 Å². The van der Waals surface area contributed by atoms with Crippen molar-refractivity contribution in [1.29, 1.82) is 0 Å². The van der Waals surface area contributed by atoms with Crippen LogP contribution in [0.4, 0.5) is 23.2 Å². The molecule has 1 aromatic heterocycles. The van der Waals surface area contributed by atoms with Gasteiger partial charge in [0.2, 0.25) is 0 Å². The second kappa shape index (κ2) is 4.48. The van der Waals surface area contributed by atoms with E-state index in [2.05, 4.69) is 15.5 Å². The topological polar surface area (TPSA) is 69.6 Å². The number of benzene rings is 1. The fourth-order valence-corrected chi connectivity index (χ4v) is 1.52. The molecule has 0 fully saturated rings. The van der Waals surface area contributed by atoms with Gasteiger partial charge >= 0.3 is 6.18 Å². The van der Waals surface area contributed by atoms with E-state index in [0.717, 1.165) is 6.07 Å². The average molecular weight is 275 g/mol. The lowest BCUT2D eigenvalue weighted by molar-refractivity contribution is -0.142. The Morgan fingerprint density at radius 2 is 2.00 bits per heavy atom. The highest BCUT2D eigenvalue weighted by atomic mass is 19.4. The number of nitrogens with zero attached hydrogens (tertiary/aromatic N) is 4. The maximum atomic E-state index is 13.5. The number of hydrogen-bond donors (Lipinski definition) is 1. The first kappa shape index (κ1) is 13.2. The highest BCUT2D eigenvalue weighted by Crippen LogP contribution is 2.26. The summed E-state index contributed by atoms with van der Waals surface area (Å²) in [7, 11) is 0. The van der Waals surface area contributed by atoms with Gasteiger partial charge in [0.15, 0.2) is 5.82 Å². The molecule has 2 N–H and O–H groups in total. The van der Waals surface area contributed by atoms with Gasteiger partial charge in [0.25, 0.3) is 0 Å². The minimum atomic E-state index is -4.47. The molecule has 0 atom stereocenters. The van der Waals surface area contributed by atoms with Crippen molar-refractivity contribution < 1.29 is 17.6 Å². The molecular weight excluding hydrogens is 266 g/mol. The molecule has 0 bridgehead atoms. The maximum Gasteiger partial charge on any atom is 0.408 e. The molecule has 0 saturated heterocycles. The zero-order valence-electron chi connectivity index (χ0n) is 9.74. The van der Waals surface area contributed by atoms with Gasteiger partial charge in [-0.05, 0) is 29.5 Å². The van der Waals surface area contributed by atoms with E-state index < -0.39 is 18.5 Å². The van der Waals surface area contributed by atoms with Crippen molar-refractivity contribution in [1.82, 2.24) is 20.2 Å². The number of aromatic nitrogens is 4. The van der Waals surface area contributed by atoms with Crippen LogP contribution >= 0.6 is 0 Å². The molecule has 19 heavy (non-hydrogen) atoms. The number of anilines is 1. The first-order valence-corrected chi connectivity index (χ1v) is 5.17. The molecular formula is C10H9F4N5. The minimum Gasteiger partial charge on any atom is -0.398 e. The summed E-state index contributed by atoms with van der Waals surface area (Å²) in [4.78, 5) is 0. The maximum absolute atomic E-state index is 13.5. The molecule has 0 spiro atoms. The highest BCUT2D eigenvalue weighted by Gasteiger charge is 2.30. The standard InChI is InChI=1S/C10H9F4N5/c1-5-7(11)2-6(3-8(5)15)9-16-17-18-19(9)4-10(12,13)14/h2-3H,4,15H2,1H3. The molecule has 0 radical (unpaired) electrons. The van der Waals surface area contributed by atoms with E-state index >= 15 is 0 Å². The third-order valence-electron chi connectivity index (χ3n) is 2.50. The molecule has 0 aliphatic rings. The summed E-state index contributed by atoms with van der Waals surface area (Å²) in [5.41, 5.74) is 6.00. The summed E-state index contributed by atoms with van der Waals surface area (Å²) in [6, 6.07) is 2.38. The van der Waals surface area contributed by atoms with E-state index in [-0.39, 0.29) is 22.6 Å². The normalized spacial score (nSPS) is 11.8. The second-order valence-electron chi connectivity index (χ2n) is 3.95. The molecule has 0 aliphatic carbocycles. The number of halogens is 4. The average Bonchev–Trinajstić information content (AvgIpc) is 2.70. The van der Waals surface area contributed by atoms with Gasteiger partial charge in [-0.3, -0.25) is 0 Å². The lowest BCUT2D eigenvalue weighted by atomic mass is 10.1. The van der Waals surface area contributed by atoms with Crippen LogP contribution < -0.4 is 5.73 Å². The van der Waals surface area contributed by atoms with E-state index in [0.29, 0.717) is 4.68 Å². The van der Waals surface area contributed by atoms with Gasteiger partial charge in [-0.2, -0.15) is 13.2 Å². The molecule has 0 aliphatic heterocycles. The molecule has 0 amide bonds. The molecule has 1 heterocycles. The van der Waals surface area contributed by atoms with E-state index in [1.165, 1.54) is 13.0 Å². The highest BCUT2D eigenvalue weighted by molar-refractivity contribution is 5.63. The second-order valence-corrected chi connectivity index (χ2v) is 3.95. The van der Waals surface area contributed by atoms with Crippen LogP contribution in [0.3, 0.4) is 0 Å². The number of nitrogens with two attached hydrogens (primary N) is 1. The van der Waals surface area contributed by atoms with Crippen LogP contribution in [0.25, 0.3) is 11.4 Å². The van der Waals surface area contributed by atoms with Crippen molar-refractivity contribution in [3.63, 3.8) is 0 Å². The van der Waals surface area contributed by atoms with Crippen LogP contribution in [0.5, 0.6) is 0 Å². The first-order chi connectivity index (χ1) is 8.78. The summed E-state index contributed by atoms with van der Waals surface area (Å²) in [6.45, 7) is 0.109. The lowest BCUT2D eigenvalue weighted by Crippen LogP contribution is -2.19. The summed E-state index contributed by atoms with van der Waals surface area (Å²) in [5.74, 6) is -0.820. The van der Waals surface area contributed by atoms with Crippen molar-refractivity contribution in [3.05, 3.63) is 23.5 Å². The van der Waals surface area contributed by atoms with Gasteiger partial charge in [-0.15, -0.1) is 5.10 Å². The Hall–Kier alpha value is -2.19. The smallest absolute Gasteiger partial charge is 0.398 e. The van der Waals surface area contributed by atoms with E-state index in [1.807, 2.05) is 0 Å². The predicted molar refractivity (Wildman–Crippen MR) is 58.4 cm³/mol. The van der Waals surface area contributed by atoms with E-state index in [4.69, 9.17) is 5.73 Å². The van der Waals surface area contributed by atoms with Gasteiger partial charge in [0.1, 0.15) is 12.4 Å². The Morgan fingerprint density at radius 1 is 1.32 bits per heavy atom. The van der Waals surface area contributed by atoms with Gasteiger partial charge in [-0.1, -0.05) is 0 Å². The van der Waals surface area contributed by atoms with E-state index in [9.17, 15) is 17.6 Å². The Bertz CT molecular complexity index is 581. The summed E-state index contributed by atoms with van der Waals surface area (Å²) >= 11 is 0. The Kier molecular flexibility index (Phi) is 3.13. The lowest BCUT2D eigenvalue weighted by Gasteiger charge is -2.09. The molecule has 0 unspecified atom stereocenters. The SMILES string of the molecule is Cc1c(N)cc(-c2nnnn2CC(F)(F)F)cc1F. The van der Waals surface area contributed by atoms with Crippen molar-refractivity contribution in [2.45, 2.75) is 19.6 Å². The van der Waals surface area contributed by atoms with Crippen LogP contribution in [-0.2, 0) is 6.54 Å². The number of rotatable bonds is 2. The zero-order chi connectivity index (χ0) is 14.2. The third-order valence-corrected chi connectivity index (χ3v) is 2.50. The van der Waals surface area contributed by atoms with Crippen molar-refractivity contribution in [2.24, 2.45) is 0 Å². The van der Waals surface area contributed by atoms with Crippen LogP contribution in [-0.4, -0.2) is 26.4 Å². The Balaban J connectivity index is 2.46. The fraction of sp³-hybridized carbons (Fsp3) is 0.300. The molecule has 2 aromatic rings. The summed E-state index contributed by atoms with van der Waals surface area (Å²) in [5, 5.41) is 9.86. The largest absolute Gasteiger partial charge is 0.408 e. The molecule has 1 aromatic carbocycles. The quantitative estimate of drug-likeness (QED) is 0.671. The zero-order valence-corrected chi connectivity index (χ0v) is 9.74. The molecule has 102 valence electrons. The van der Waals surface area contributed by atoms with Crippen molar-refractivity contribution in [2.75, 3.05) is 5.73 Å². The van der Waals surface area contributed by atoms with E-state index in [1.54, 1.807) is 0 Å². The summed E-state index contributed by atoms with van der Waals surface area (Å²) < 4.78 is 51.0. The number of hydrogen-bond acceptors (Lipinski definition) is 4. The number of nitrogen functional groups attached to an aromatic ring is 1. The fourth-order valence-electron chi connectivity index (χ4n) is 1.52. The molecule has 5 nitrogen and oxygen atoms in total. The number of alkyl halides is 3. The Morgan fingerprint density at radius 3 is 2.58 bits per heavy atom. The van der Waals surface area contributed by atoms with Crippen LogP contribution in [0.2, 0.25) is 0 Å².